The van der Waals surface area contributed by atoms with Crippen molar-refractivity contribution >= 4 is 33.3 Å². The van der Waals surface area contributed by atoms with Crippen LogP contribution in [0, 0.1) is 5.82 Å². The van der Waals surface area contributed by atoms with Crippen molar-refractivity contribution < 1.29 is 9.18 Å². The van der Waals surface area contributed by atoms with E-state index in [2.05, 4.69) is 20.7 Å². The Labute approximate surface area is 148 Å². The first-order valence-electron chi connectivity index (χ1n) is 8.22. The molecule has 0 spiro atoms. The molecule has 2 N–H and O–H groups in total. The first-order valence-corrected chi connectivity index (χ1v) is 9.04. The maximum atomic E-state index is 13.3. The molecule has 1 amide bonds. The van der Waals surface area contributed by atoms with Crippen LogP contribution in [0.1, 0.15) is 34.3 Å². The molecular weight excluding hydrogens is 341 g/mol. The fraction of sp³-hybridized carbons (Fsp3) is 0.353. The topological polar surface area (TPSA) is 71.8 Å². The number of piperidine rings is 1. The van der Waals surface area contributed by atoms with Gasteiger partial charge in [-0.1, -0.05) is 0 Å². The summed E-state index contributed by atoms with van der Waals surface area (Å²) in [5, 5.41) is 11.3. The second-order valence-corrected chi connectivity index (χ2v) is 7.27. The molecule has 0 radical (unpaired) electrons. The summed E-state index contributed by atoms with van der Waals surface area (Å²) in [7, 11) is 1.77. The van der Waals surface area contributed by atoms with Crippen molar-refractivity contribution in [2.45, 2.75) is 18.8 Å². The van der Waals surface area contributed by atoms with Gasteiger partial charge in [0.1, 0.15) is 5.82 Å². The third kappa shape index (κ3) is 3.27. The Balaban J connectivity index is 1.54. The molecule has 3 aromatic rings. The molecule has 0 atom stereocenters. The van der Waals surface area contributed by atoms with Gasteiger partial charge >= 0.3 is 0 Å². The number of carbonyl (C=O) groups is 1. The van der Waals surface area contributed by atoms with Crippen LogP contribution >= 0.6 is 11.3 Å². The van der Waals surface area contributed by atoms with E-state index in [4.69, 9.17) is 0 Å². The molecule has 0 saturated carbocycles. The van der Waals surface area contributed by atoms with E-state index in [1.807, 2.05) is 0 Å². The monoisotopic (exact) mass is 359 g/mol. The van der Waals surface area contributed by atoms with E-state index < -0.39 is 0 Å². The minimum atomic E-state index is -0.308. The number of hydrogen-bond acceptors (Lipinski definition) is 5. The number of amides is 1. The number of aromatic nitrogens is 3. The number of hydrogen-bond donors (Lipinski definition) is 2. The van der Waals surface area contributed by atoms with Crippen LogP contribution in [0.4, 0.5) is 10.3 Å². The van der Waals surface area contributed by atoms with Crippen LogP contribution in [0.15, 0.2) is 24.3 Å². The van der Waals surface area contributed by atoms with Crippen LogP contribution in [0.25, 0.3) is 10.1 Å². The Kier molecular flexibility index (Phi) is 4.22. The van der Waals surface area contributed by atoms with Gasteiger partial charge in [0.15, 0.2) is 5.82 Å². The zero-order valence-electron chi connectivity index (χ0n) is 13.8. The van der Waals surface area contributed by atoms with Gasteiger partial charge < -0.3 is 5.32 Å². The molecule has 6 nitrogen and oxygen atoms in total. The molecule has 1 saturated heterocycles. The second-order valence-electron chi connectivity index (χ2n) is 6.19. The molecule has 0 unspecified atom stereocenters. The maximum Gasteiger partial charge on any atom is 0.268 e. The van der Waals surface area contributed by atoms with E-state index in [9.17, 15) is 9.18 Å². The molecule has 0 aliphatic carbocycles. The Hall–Kier alpha value is -2.32. The van der Waals surface area contributed by atoms with Gasteiger partial charge in [0, 0.05) is 17.7 Å². The number of thiophene rings is 1. The first kappa shape index (κ1) is 16.2. The number of carbonyl (C=O) groups excluding carboxylic acids is 1. The summed E-state index contributed by atoms with van der Waals surface area (Å²) < 4.78 is 15.8. The van der Waals surface area contributed by atoms with Crippen molar-refractivity contribution in [1.29, 1.82) is 0 Å². The average molecular weight is 359 g/mol. The van der Waals surface area contributed by atoms with Gasteiger partial charge in [0.05, 0.1) is 4.88 Å². The van der Waals surface area contributed by atoms with Crippen LogP contribution in [0.3, 0.4) is 0 Å². The fourth-order valence-electron chi connectivity index (χ4n) is 3.06. The highest BCUT2D eigenvalue weighted by Crippen LogP contribution is 2.27. The van der Waals surface area contributed by atoms with Gasteiger partial charge in [-0.2, -0.15) is 10.1 Å². The molecule has 1 fully saturated rings. The molecule has 1 aliphatic rings. The van der Waals surface area contributed by atoms with E-state index in [-0.39, 0.29) is 11.7 Å². The zero-order valence-corrected chi connectivity index (χ0v) is 14.6. The zero-order chi connectivity index (χ0) is 17.4. The molecule has 25 heavy (non-hydrogen) atoms. The fourth-order valence-corrected chi connectivity index (χ4v) is 3.99. The van der Waals surface area contributed by atoms with E-state index >= 15 is 0 Å². The van der Waals surface area contributed by atoms with Crippen molar-refractivity contribution in [2.24, 2.45) is 7.05 Å². The van der Waals surface area contributed by atoms with Crippen LogP contribution in [-0.4, -0.2) is 33.8 Å². The number of fused-ring (bicyclic) bond motifs is 1. The molecule has 4 rings (SSSR count). The number of anilines is 1. The average Bonchev–Trinajstić information content (AvgIpc) is 3.19. The lowest BCUT2D eigenvalue weighted by Gasteiger charge is -2.19. The highest BCUT2D eigenvalue weighted by atomic mass is 32.1. The van der Waals surface area contributed by atoms with Crippen LogP contribution < -0.4 is 10.6 Å². The van der Waals surface area contributed by atoms with Crippen molar-refractivity contribution in [1.82, 2.24) is 20.1 Å². The smallest absolute Gasteiger partial charge is 0.268 e. The summed E-state index contributed by atoms with van der Waals surface area (Å²) >= 11 is 1.33. The van der Waals surface area contributed by atoms with E-state index in [1.165, 1.54) is 23.5 Å². The minimum Gasteiger partial charge on any atom is -0.317 e. The standard InChI is InChI=1S/C17H18FN5OS/c1-23-17(20-15(22-23)10-4-6-19-7-5-10)21-16(24)14-9-11-8-12(18)2-3-13(11)25-14/h2-3,8-10,19H,4-7H2,1H3,(H,20,21,22,24). The van der Waals surface area contributed by atoms with Crippen molar-refractivity contribution in [3.8, 4) is 0 Å². The van der Waals surface area contributed by atoms with Crippen molar-refractivity contribution in [3.05, 3.63) is 40.8 Å². The van der Waals surface area contributed by atoms with Gasteiger partial charge in [0.2, 0.25) is 5.95 Å². The molecule has 130 valence electrons. The Bertz CT molecular complexity index is 928. The minimum absolute atomic E-state index is 0.256. The molecule has 1 aromatic carbocycles. The predicted molar refractivity (Wildman–Crippen MR) is 95.6 cm³/mol. The van der Waals surface area contributed by atoms with Gasteiger partial charge in [-0.25, -0.2) is 9.07 Å². The van der Waals surface area contributed by atoms with Crippen molar-refractivity contribution in [3.63, 3.8) is 0 Å². The Morgan fingerprint density at radius 2 is 2.16 bits per heavy atom. The number of aryl methyl sites for hydroxylation is 1. The number of rotatable bonds is 3. The van der Waals surface area contributed by atoms with Crippen LogP contribution in [-0.2, 0) is 7.05 Å². The van der Waals surface area contributed by atoms with Crippen LogP contribution in [0.2, 0.25) is 0 Å². The van der Waals surface area contributed by atoms with E-state index in [1.54, 1.807) is 23.9 Å². The second kappa shape index (κ2) is 6.53. The molecule has 0 bridgehead atoms. The molecule has 2 aromatic heterocycles. The number of nitrogens with zero attached hydrogens (tertiary/aromatic N) is 3. The molecular formula is C17H18FN5OS. The summed E-state index contributed by atoms with van der Waals surface area (Å²) in [5.74, 6) is 0.969. The highest BCUT2D eigenvalue weighted by molar-refractivity contribution is 7.20. The SMILES string of the molecule is Cn1nc(C2CCNCC2)nc1NC(=O)c1cc2cc(F)ccc2s1. The summed E-state index contributed by atoms with van der Waals surface area (Å²) in [6.07, 6.45) is 2.00. The van der Waals surface area contributed by atoms with E-state index in [0.29, 0.717) is 16.7 Å². The lowest BCUT2D eigenvalue weighted by atomic mass is 9.98. The quantitative estimate of drug-likeness (QED) is 0.754. The number of nitrogens with one attached hydrogen (secondary N) is 2. The number of benzene rings is 1. The maximum absolute atomic E-state index is 13.3. The van der Waals surface area contributed by atoms with Crippen molar-refractivity contribution in [2.75, 3.05) is 18.4 Å². The van der Waals surface area contributed by atoms with Crippen LogP contribution in [0.5, 0.6) is 0 Å². The third-order valence-corrected chi connectivity index (χ3v) is 5.53. The van der Waals surface area contributed by atoms with Gasteiger partial charge in [0.25, 0.3) is 5.91 Å². The summed E-state index contributed by atoms with van der Waals surface area (Å²) in [6.45, 7) is 1.92. The third-order valence-electron chi connectivity index (χ3n) is 4.41. The summed E-state index contributed by atoms with van der Waals surface area (Å²) in [6, 6.07) is 6.21. The first-order chi connectivity index (χ1) is 12.1. The number of halogens is 1. The lowest BCUT2D eigenvalue weighted by molar-refractivity contribution is 0.102. The van der Waals surface area contributed by atoms with Gasteiger partial charge in [-0.05, 0) is 55.6 Å². The predicted octanol–water partition coefficient (Wildman–Crippen LogP) is 2.89. The summed E-state index contributed by atoms with van der Waals surface area (Å²) in [5.41, 5.74) is 0. The van der Waals surface area contributed by atoms with E-state index in [0.717, 1.165) is 41.8 Å². The van der Waals surface area contributed by atoms with Gasteiger partial charge in [-0.15, -0.1) is 11.3 Å². The molecule has 1 aliphatic heterocycles. The molecule has 8 heteroatoms. The highest BCUT2D eigenvalue weighted by Gasteiger charge is 2.22. The summed E-state index contributed by atoms with van der Waals surface area (Å²) in [4.78, 5) is 17.5. The Morgan fingerprint density at radius 3 is 2.96 bits per heavy atom. The Morgan fingerprint density at radius 1 is 1.36 bits per heavy atom. The largest absolute Gasteiger partial charge is 0.317 e. The lowest BCUT2D eigenvalue weighted by Crippen LogP contribution is -2.27. The molecule has 3 heterocycles. The van der Waals surface area contributed by atoms with Gasteiger partial charge in [-0.3, -0.25) is 10.1 Å². The normalized spacial score (nSPS) is 15.6.